The topological polar surface area (TPSA) is 66.5 Å². The highest BCUT2D eigenvalue weighted by atomic mass is 32.2. The van der Waals surface area contributed by atoms with Gasteiger partial charge in [0.15, 0.2) is 0 Å². The molecule has 0 aromatic rings. The van der Waals surface area contributed by atoms with E-state index in [0.717, 1.165) is 24.7 Å². The summed E-state index contributed by atoms with van der Waals surface area (Å²) in [5, 5.41) is 3.22. The molecule has 2 aliphatic carbocycles. The first kappa shape index (κ1) is 18.2. The first-order chi connectivity index (χ1) is 11.4. The highest BCUT2D eigenvalue weighted by Crippen LogP contribution is 2.49. The molecule has 3 aliphatic rings. The van der Waals surface area contributed by atoms with Crippen molar-refractivity contribution in [2.75, 3.05) is 18.8 Å². The molecule has 6 heteroatoms. The van der Waals surface area contributed by atoms with Gasteiger partial charge in [0.2, 0.25) is 15.9 Å². The molecule has 5 nitrogen and oxygen atoms in total. The predicted molar refractivity (Wildman–Crippen MR) is 94.9 cm³/mol. The lowest BCUT2D eigenvalue weighted by molar-refractivity contribution is -0.127. The van der Waals surface area contributed by atoms with E-state index >= 15 is 0 Å². The minimum Gasteiger partial charge on any atom is -0.353 e. The third kappa shape index (κ3) is 3.79. The zero-order valence-electron chi connectivity index (χ0n) is 15.0. The van der Waals surface area contributed by atoms with E-state index in [1.165, 1.54) is 30.0 Å². The summed E-state index contributed by atoms with van der Waals surface area (Å²) in [6.07, 6.45) is 7.50. The molecular weight excluding hydrogens is 324 g/mol. The van der Waals surface area contributed by atoms with Crippen molar-refractivity contribution >= 4 is 15.9 Å². The van der Waals surface area contributed by atoms with Gasteiger partial charge in [0.05, 0.1) is 11.7 Å². The fraction of sp³-hybridized carbons (Fsp3) is 0.944. The highest BCUT2D eigenvalue weighted by molar-refractivity contribution is 7.89. The molecule has 5 atom stereocenters. The molecule has 1 saturated heterocycles. The van der Waals surface area contributed by atoms with Crippen molar-refractivity contribution in [3.8, 4) is 0 Å². The Bertz CT molecular complexity index is 563. The van der Waals surface area contributed by atoms with Crippen LogP contribution in [0, 0.1) is 23.7 Å². The largest absolute Gasteiger partial charge is 0.353 e. The van der Waals surface area contributed by atoms with Gasteiger partial charge in [0.1, 0.15) is 0 Å². The molecule has 1 aliphatic heterocycles. The Labute approximate surface area is 146 Å². The van der Waals surface area contributed by atoms with E-state index in [1.54, 1.807) is 0 Å². The average molecular weight is 357 g/mol. The number of sulfonamides is 1. The fourth-order valence-corrected chi connectivity index (χ4v) is 6.74. The number of piperidine rings is 1. The molecule has 1 amide bonds. The fourth-order valence-electron chi connectivity index (χ4n) is 5.15. The van der Waals surface area contributed by atoms with Crippen molar-refractivity contribution in [2.45, 2.75) is 64.8 Å². The van der Waals surface area contributed by atoms with E-state index in [-0.39, 0.29) is 23.6 Å². The quantitative estimate of drug-likeness (QED) is 0.794. The molecule has 1 N–H and O–H groups in total. The van der Waals surface area contributed by atoms with Crippen LogP contribution in [0.1, 0.15) is 58.8 Å². The summed E-state index contributed by atoms with van der Waals surface area (Å²) < 4.78 is 26.1. The minimum absolute atomic E-state index is 0.0571. The van der Waals surface area contributed by atoms with Crippen LogP contribution < -0.4 is 5.32 Å². The van der Waals surface area contributed by atoms with Crippen molar-refractivity contribution in [1.29, 1.82) is 0 Å². The van der Waals surface area contributed by atoms with Crippen LogP contribution in [0.5, 0.6) is 0 Å². The van der Waals surface area contributed by atoms with Crippen LogP contribution in [0.3, 0.4) is 0 Å². The zero-order chi connectivity index (χ0) is 17.3. The van der Waals surface area contributed by atoms with Crippen LogP contribution >= 0.6 is 0 Å². The van der Waals surface area contributed by atoms with Gasteiger partial charge in [-0.1, -0.05) is 13.3 Å². The monoisotopic (exact) mass is 356 g/mol. The molecule has 0 radical (unpaired) electrons. The number of amides is 1. The average Bonchev–Trinajstić information content (AvgIpc) is 3.18. The molecular formula is C18H32N2O3S. The number of nitrogens with zero attached hydrogens (tertiary/aromatic N) is 1. The SMILES string of the molecule is CCCS(=O)(=O)N1CCCC(C(=O)NC(C)C2CC3CCC2C3)C1. The lowest BCUT2D eigenvalue weighted by atomic mass is 9.83. The number of hydrogen-bond donors (Lipinski definition) is 1. The van der Waals surface area contributed by atoms with Crippen molar-refractivity contribution in [3.05, 3.63) is 0 Å². The van der Waals surface area contributed by atoms with Crippen LogP contribution in [0.25, 0.3) is 0 Å². The van der Waals surface area contributed by atoms with E-state index in [9.17, 15) is 13.2 Å². The van der Waals surface area contributed by atoms with Gasteiger partial charge < -0.3 is 5.32 Å². The smallest absolute Gasteiger partial charge is 0.224 e. The second-order valence-electron chi connectivity index (χ2n) is 8.15. The third-order valence-corrected chi connectivity index (χ3v) is 8.46. The summed E-state index contributed by atoms with van der Waals surface area (Å²) in [6, 6.07) is 0.218. The van der Waals surface area contributed by atoms with Crippen LogP contribution in [0.15, 0.2) is 0 Å². The van der Waals surface area contributed by atoms with Gasteiger partial charge in [0.25, 0.3) is 0 Å². The number of nitrogens with one attached hydrogen (secondary N) is 1. The molecule has 138 valence electrons. The molecule has 3 rings (SSSR count). The van der Waals surface area contributed by atoms with Gasteiger partial charge in [-0.3, -0.25) is 4.79 Å². The molecule has 1 heterocycles. The highest BCUT2D eigenvalue weighted by Gasteiger charge is 2.42. The number of carbonyl (C=O) groups is 1. The maximum Gasteiger partial charge on any atom is 0.224 e. The van der Waals surface area contributed by atoms with Gasteiger partial charge in [0, 0.05) is 19.1 Å². The van der Waals surface area contributed by atoms with Gasteiger partial charge in [-0.25, -0.2) is 12.7 Å². The second kappa shape index (κ2) is 7.32. The Hall–Kier alpha value is -0.620. The van der Waals surface area contributed by atoms with Crippen molar-refractivity contribution < 1.29 is 13.2 Å². The Balaban J connectivity index is 1.54. The van der Waals surface area contributed by atoms with Crippen molar-refractivity contribution in [2.24, 2.45) is 23.7 Å². The maximum atomic E-state index is 12.7. The van der Waals surface area contributed by atoms with Crippen molar-refractivity contribution in [1.82, 2.24) is 9.62 Å². The summed E-state index contributed by atoms with van der Waals surface area (Å²) in [7, 11) is -3.20. The molecule has 2 saturated carbocycles. The first-order valence-corrected chi connectivity index (χ1v) is 11.3. The summed E-state index contributed by atoms with van der Waals surface area (Å²) in [6.45, 7) is 4.94. The van der Waals surface area contributed by atoms with Gasteiger partial charge in [-0.2, -0.15) is 0 Å². The standard InChI is InChI=1S/C18H32N2O3S/c1-3-9-24(22,23)20-8-4-5-16(12-20)18(21)19-13(2)17-11-14-6-7-15(17)10-14/h13-17H,3-12H2,1-2H3,(H,19,21). The summed E-state index contributed by atoms with van der Waals surface area (Å²) in [5.74, 6) is 2.34. The lowest BCUT2D eigenvalue weighted by Gasteiger charge is -2.33. The molecule has 0 spiro atoms. The second-order valence-corrected chi connectivity index (χ2v) is 10.2. The predicted octanol–water partition coefficient (Wildman–Crippen LogP) is 2.38. The van der Waals surface area contributed by atoms with Gasteiger partial charge in [-0.05, 0) is 63.2 Å². The summed E-state index contributed by atoms with van der Waals surface area (Å²) >= 11 is 0. The normalized spacial score (nSPS) is 35.1. The van der Waals surface area contributed by atoms with E-state index in [4.69, 9.17) is 0 Å². The van der Waals surface area contributed by atoms with E-state index in [2.05, 4.69) is 12.2 Å². The third-order valence-electron chi connectivity index (χ3n) is 6.42. The van der Waals surface area contributed by atoms with E-state index in [1.807, 2.05) is 6.92 Å². The molecule has 3 fully saturated rings. The molecule has 0 aromatic carbocycles. The van der Waals surface area contributed by atoms with Crippen LogP contribution in [-0.2, 0) is 14.8 Å². The summed E-state index contributed by atoms with van der Waals surface area (Å²) in [4.78, 5) is 12.7. The Morgan fingerprint density at radius 3 is 2.67 bits per heavy atom. The summed E-state index contributed by atoms with van der Waals surface area (Å²) in [5.41, 5.74) is 0. The maximum absolute atomic E-state index is 12.7. The minimum atomic E-state index is -3.20. The van der Waals surface area contributed by atoms with Gasteiger partial charge >= 0.3 is 0 Å². The van der Waals surface area contributed by atoms with Crippen molar-refractivity contribution in [3.63, 3.8) is 0 Å². The lowest BCUT2D eigenvalue weighted by Crippen LogP contribution is -2.49. The Morgan fingerprint density at radius 2 is 2.04 bits per heavy atom. The number of hydrogen-bond acceptors (Lipinski definition) is 3. The molecule has 0 aromatic heterocycles. The molecule has 24 heavy (non-hydrogen) atoms. The van der Waals surface area contributed by atoms with E-state index < -0.39 is 10.0 Å². The molecule has 2 bridgehead atoms. The number of carbonyl (C=O) groups excluding carboxylic acids is 1. The van der Waals surface area contributed by atoms with Crippen LogP contribution in [0.2, 0.25) is 0 Å². The zero-order valence-corrected chi connectivity index (χ0v) is 15.9. The Morgan fingerprint density at radius 1 is 1.25 bits per heavy atom. The van der Waals surface area contributed by atoms with E-state index in [0.29, 0.717) is 25.4 Å². The Kier molecular flexibility index (Phi) is 5.55. The number of rotatable bonds is 6. The van der Waals surface area contributed by atoms with Gasteiger partial charge in [-0.15, -0.1) is 0 Å². The first-order valence-electron chi connectivity index (χ1n) is 9.69. The number of fused-ring (bicyclic) bond motifs is 2. The van der Waals surface area contributed by atoms with Crippen LogP contribution in [-0.4, -0.2) is 43.5 Å². The molecule has 5 unspecified atom stereocenters. The van der Waals surface area contributed by atoms with Crippen LogP contribution in [0.4, 0.5) is 0 Å².